The molecule has 6 nitrogen and oxygen atoms in total. The van der Waals surface area contributed by atoms with Crippen LogP contribution in [0, 0.1) is 0 Å². The number of hydrogen-bond acceptors (Lipinski definition) is 4. The molecule has 0 radical (unpaired) electrons. The van der Waals surface area contributed by atoms with Gasteiger partial charge in [-0.05, 0) is 31.5 Å². The van der Waals surface area contributed by atoms with Gasteiger partial charge in [-0.15, -0.1) is 0 Å². The average molecular weight is 260 g/mol. The van der Waals surface area contributed by atoms with E-state index in [0.29, 0.717) is 6.54 Å². The van der Waals surface area contributed by atoms with E-state index in [-0.39, 0.29) is 0 Å². The Bertz CT molecular complexity index is 427. The monoisotopic (exact) mass is 260 g/mol. The predicted molar refractivity (Wildman–Crippen MR) is 67.2 cm³/mol. The van der Waals surface area contributed by atoms with E-state index < -0.39 is 10.0 Å². The summed E-state index contributed by atoms with van der Waals surface area (Å²) in [6.45, 7) is 2.17. The van der Waals surface area contributed by atoms with Crippen LogP contribution in [0.1, 0.15) is 12.0 Å². The Hall–Kier alpha value is -0.920. The minimum atomic E-state index is -3.05. The van der Waals surface area contributed by atoms with E-state index in [0.717, 1.165) is 25.9 Å². The molecule has 0 aromatic carbocycles. The second-order valence-electron chi connectivity index (χ2n) is 4.04. The van der Waals surface area contributed by atoms with Gasteiger partial charge in [-0.1, -0.05) is 0 Å². The van der Waals surface area contributed by atoms with Crippen LogP contribution in [-0.2, 0) is 23.5 Å². The van der Waals surface area contributed by atoms with E-state index in [1.165, 1.54) is 11.8 Å². The summed E-state index contributed by atoms with van der Waals surface area (Å²) in [6, 6.07) is 0. The average Bonchev–Trinajstić information content (AvgIpc) is 2.61. The maximum Gasteiger partial charge on any atom is 0.208 e. The van der Waals surface area contributed by atoms with Crippen LogP contribution in [0.15, 0.2) is 12.4 Å². The van der Waals surface area contributed by atoms with Gasteiger partial charge in [0.1, 0.15) is 0 Å². The fourth-order valence-electron chi connectivity index (χ4n) is 1.43. The molecule has 98 valence electrons. The molecule has 0 spiro atoms. The van der Waals surface area contributed by atoms with Crippen molar-refractivity contribution in [2.45, 2.75) is 12.8 Å². The summed E-state index contributed by atoms with van der Waals surface area (Å²) in [5.74, 6) is 0. The molecule has 0 aliphatic rings. The van der Waals surface area contributed by atoms with Crippen molar-refractivity contribution >= 4 is 10.0 Å². The molecule has 1 aromatic rings. The third-order valence-corrected chi connectivity index (χ3v) is 2.97. The quantitative estimate of drug-likeness (QED) is 0.617. The van der Waals surface area contributed by atoms with Crippen molar-refractivity contribution in [2.75, 3.05) is 25.9 Å². The van der Waals surface area contributed by atoms with Crippen molar-refractivity contribution in [3.8, 4) is 0 Å². The Morgan fingerprint density at radius 2 is 2.12 bits per heavy atom. The number of nitrogens with one attached hydrogen (secondary N) is 2. The molecule has 0 saturated carbocycles. The van der Waals surface area contributed by atoms with Crippen molar-refractivity contribution in [2.24, 2.45) is 7.05 Å². The van der Waals surface area contributed by atoms with E-state index >= 15 is 0 Å². The number of sulfonamides is 1. The Labute approximate surface area is 102 Å². The van der Waals surface area contributed by atoms with E-state index in [4.69, 9.17) is 0 Å². The van der Waals surface area contributed by atoms with Crippen molar-refractivity contribution in [3.05, 3.63) is 18.0 Å². The first-order valence-electron chi connectivity index (χ1n) is 5.60. The molecule has 0 saturated heterocycles. The lowest BCUT2D eigenvalue weighted by Crippen LogP contribution is -2.27. The van der Waals surface area contributed by atoms with Gasteiger partial charge in [0.05, 0.1) is 12.5 Å². The fraction of sp³-hybridized carbons (Fsp3) is 0.700. The maximum absolute atomic E-state index is 10.8. The van der Waals surface area contributed by atoms with E-state index in [1.54, 1.807) is 4.68 Å². The first kappa shape index (κ1) is 14.1. The maximum atomic E-state index is 10.8. The molecule has 0 bridgehead atoms. The first-order valence-corrected chi connectivity index (χ1v) is 7.49. The van der Waals surface area contributed by atoms with Gasteiger partial charge in [-0.3, -0.25) is 4.68 Å². The van der Waals surface area contributed by atoms with Gasteiger partial charge < -0.3 is 5.32 Å². The van der Waals surface area contributed by atoms with Crippen molar-refractivity contribution < 1.29 is 8.42 Å². The Balaban J connectivity index is 1.98. The minimum absolute atomic E-state index is 0.485. The first-order chi connectivity index (χ1) is 7.97. The number of nitrogens with zero attached hydrogens (tertiary/aromatic N) is 2. The standard InChI is InChI=1S/C10H20N4O2S/c1-14-9-10(8-12-14)4-7-11-5-3-6-13-17(2,15)16/h8-9,11,13H,3-7H2,1-2H3. The highest BCUT2D eigenvalue weighted by atomic mass is 32.2. The summed E-state index contributed by atoms with van der Waals surface area (Å²) in [6.07, 6.45) is 6.75. The van der Waals surface area contributed by atoms with Crippen molar-refractivity contribution in [1.82, 2.24) is 19.8 Å². The molecular weight excluding hydrogens is 240 g/mol. The second-order valence-corrected chi connectivity index (χ2v) is 5.88. The van der Waals surface area contributed by atoms with Crippen LogP contribution in [0.25, 0.3) is 0 Å². The summed E-state index contributed by atoms with van der Waals surface area (Å²) in [5.41, 5.74) is 1.20. The normalized spacial score (nSPS) is 11.9. The number of aryl methyl sites for hydroxylation is 1. The minimum Gasteiger partial charge on any atom is -0.316 e. The zero-order valence-corrected chi connectivity index (χ0v) is 11.1. The Kier molecular flexibility index (Phi) is 5.60. The topological polar surface area (TPSA) is 76.0 Å². The predicted octanol–water partition coefficient (Wildman–Crippen LogP) is -0.508. The van der Waals surface area contributed by atoms with Crippen LogP contribution >= 0.6 is 0 Å². The summed E-state index contributed by atoms with van der Waals surface area (Å²) in [4.78, 5) is 0. The van der Waals surface area contributed by atoms with Gasteiger partial charge in [0.15, 0.2) is 0 Å². The molecule has 0 atom stereocenters. The molecule has 1 rings (SSSR count). The number of rotatable bonds is 8. The molecule has 0 amide bonds. The third kappa shape index (κ3) is 7.09. The van der Waals surface area contributed by atoms with Crippen LogP contribution in [0.3, 0.4) is 0 Å². The summed E-state index contributed by atoms with van der Waals surface area (Å²) >= 11 is 0. The number of hydrogen-bond donors (Lipinski definition) is 2. The van der Waals surface area contributed by atoms with Crippen LogP contribution in [0.5, 0.6) is 0 Å². The molecule has 0 fully saturated rings. The molecule has 0 aliphatic carbocycles. The van der Waals surface area contributed by atoms with Gasteiger partial charge >= 0.3 is 0 Å². The van der Waals surface area contributed by atoms with Gasteiger partial charge in [0, 0.05) is 19.8 Å². The van der Waals surface area contributed by atoms with Crippen LogP contribution in [0.2, 0.25) is 0 Å². The molecule has 1 aromatic heterocycles. The molecule has 7 heteroatoms. The van der Waals surface area contributed by atoms with Crippen LogP contribution < -0.4 is 10.0 Å². The van der Waals surface area contributed by atoms with Gasteiger partial charge in [0.25, 0.3) is 0 Å². The molecule has 1 heterocycles. The van der Waals surface area contributed by atoms with Crippen LogP contribution in [0.4, 0.5) is 0 Å². The van der Waals surface area contributed by atoms with Crippen molar-refractivity contribution in [3.63, 3.8) is 0 Å². The Morgan fingerprint density at radius 1 is 1.35 bits per heavy atom. The highest BCUT2D eigenvalue weighted by molar-refractivity contribution is 7.88. The summed E-state index contributed by atoms with van der Waals surface area (Å²) < 4.78 is 25.8. The molecule has 17 heavy (non-hydrogen) atoms. The van der Waals surface area contributed by atoms with Gasteiger partial charge in [-0.25, -0.2) is 13.1 Å². The zero-order chi connectivity index (χ0) is 12.7. The zero-order valence-electron chi connectivity index (χ0n) is 10.3. The summed E-state index contributed by atoms with van der Waals surface area (Å²) in [7, 11) is -1.15. The number of aromatic nitrogens is 2. The molecular formula is C10H20N4O2S. The molecule has 0 unspecified atom stereocenters. The van der Waals surface area contributed by atoms with E-state index in [1.807, 2.05) is 19.4 Å². The largest absolute Gasteiger partial charge is 0.316 e. The fourth-order valence-corrected chi connectivity index (χ4v) is 1.94. The van der Waals surface area contributed by atoms with E-state index in [2.05, 4.69) is 15.1 Å². The summed E-state index contributed by atoms with van der Waals surface area (Å²) in [5, 5.41) is 7.34. The van der Waals surface area contributed by atoms with Gasteiger partial charge in [-0.2, -0.15) is 5.10 Å². The highest BCUT2D eigenvalue weighted by Gasteiger charge is 1.98. The highest BCUT2D eigenvalue weighted by Crippen LogP contribution is 1.95. The van der Waals surface area contributed by atoms with E-state index in [9.17, 15) is 8.42 Å². The molecule has 0 aliphatic heterocycles. The lowest BCUT2D eigenvalue weighted by molar-refractivity contribution is 0.579. The Morgan fingerprint density at radius 3 is 2.71 bits per heavy atom. The lowest BCUT2D eigenvalue weighted by atomic mass is 10.2. The third-order valence-electron chi connectivity index (χ3n) is 2.24. The second kappa shape index (κ2) is 6.73. The van der Waals surface area contributed by atoms with Crippen LogP contribution in [-0.4, -0.2) is 44.1 Å². The lowest BCUT2D eigenvalue weighted by Gasteiger charge is -2.04. The smallest absolute Gasteiger partial charge is 0.208 e. The SMILES string of the molecule is Cn1cc(CCNCCCNS(C)(=O)=O)cn1. The molecule has 2 N–H and O–H groups in total. The van der Waals surface area contributed by atoms with Crippen molar-refractivity contribution in [1.29, 1.82) is 0 Å². The van der Waals surface area contributed by atoms with Gasteiger partial charge in [0.2, 0.25) is 10.0 Å².